The molecule has 1 aromatic rings. The third-order valence-electron chi connectivity index (χ3n) is 9.25. The van der Waals surface area contributed by atoms with Crippen LogP contribution in [0.3, 0.4) is 0 Å². The van der Waals surface area contributed by atoms with E-state index in [1.54, 1.807) is 0 Å². The third kappa shape index (κ3) is 35.0. The van der Waals surface area contributed by atoms with Gasteiger partial charge in [-0.2, -0.15) is 13.2 Å². The molecule has 0 bridgehead atoms. The molecule has 1 N–H and O–H groups in total. The molecule has 1 atom stereocenters. The molecule has 1 rings (SSSR count). The molecular weight excluding hydrogens is 868 g/mol. The van der Waals surface area contributed by atoms with Crippen molar-refractivity contribution in [2.45, 2.75) is 136 Å². The molecule has 0 aliphatic heterocycles. The summed E-state index contributed by atoms with van der Waals surface area (Å²) < 4.78 is 55.9. The van der Waals surface area contributed by atoms with Gasteiger partial charge in [0.1, 0.15) is 12.4 Å². The molecule has 0 saturated heterocycles. The van der Waals surface area contributed by atoms with Crippen LogP contribution in [-0.2, 0) is 30.0 Å². The van der Waals surface area contributed by atoms with Crippen LogP contribution in [-0.4, -0.2) is 43.1 Å². The van der Waals surface area contributed by atoms with Gasteiger partial charge in [0, 0.05) is 19.8 Å². The number of rotatable bonds is 35. The highest BCUT2D eigenvalue weighted by molar-refractivity contribution is 5.97. The number of alkyl halides is 3. The molecule has 1 aromatic carbocycles. The summed E-state index contributed by atoms with van der Waals surface area (Å²) in [6.45, 7) is 4.52. The molecule has 68 heavy (non-hydrogen) atoms. The van der Waals surface area contributed by atoms with Gasteiger partial charge in [-0.1, -0.05) is 160 Å². The van der Waals surface area contributed by atoms with Gasteiger partial charge in [-0.3, -0.25) is 19.2 Å². The number of amides is 1. The van der Waals surface area contributed by atoms with Gasteiger partial charge >= 0.3 is 24.1 Å². The van der Waals surface area contributed by atoms with Crippen LogP contribution in [0, 0.1) is 0 Å². The number of halogens is 3. The van der Waals surface area contributed by atoms with E-state index < -0.39 is 47.4 Å². The maximum absolute atomic E-state index is 13.4. The van der Waals surface area contributed by atoms with Crippen molar-refractivity contribution in [3.63, 3.8) is 0 Å². The number of carbonyl (C=O) groups excluding carboxylic acids is 4. The molecule has 0 spiro atoms. The Morgan fingerprint density at radius 2 is 0.912 bits per heavy atom. The molecule has 1 unspecified atom stereocenters. The molecular formula is C57H74F3NO7. The van der Waals surface area contributed by atoms with Gasteiger partial charge in [0.2, 0.25) is 0 Å². The van der Waals surface area contributed by atoms with Crippen LogP contribution in [0.15, 0.2) is 164 Å². The summed E-state index contributed by atoms with van der Waals surface area (Å²) in [6, 6.07) is 2.13. The van der Waals surface area contributed by atoms with Crippen LogP contribution in [0.25, 0.3) is 0 Å². The van der Waals surface area contributed by atoms with Crippen molar-refractivity contribution in [1.82, 2.24) is 5.32 Å². The van der Waals surface area contributed by atoms with Crippen LogP contribution in [0.4, 0.5) is 13.2 Å². The van der Waals surface area contributed by atoms with E-state index in [-0.39, 0.29) is 31.6 Å². The van der Waals surface area contributed by atoms with Crippen molar-refractivity contribution >= 4 is 23.8 Å². The number of esters is 3. The molecule has 0 heterocycles. The summed E-state index contributed by atoms with van der Waals surface area (Å²) in [5, 5.41) is 2.49. The van der Waals surface area contributed by atoms with Crippen molar-refractivity contribution in [3.05, 3.63) is 175 Å². The van der Waals surface area contributed by atoms with Crippen molar-refractivity contribution in [3.8, 4) is 5.75 Å². The molecule has 8 nitrogen and oxygen atoms in total. The fourth-order valence-electron chi connectivity index (χ4n) is 5.75. The predicted octanol–water partition coefficient (Wildman–Crippen LogP) is 14.8. The maximum atomic E-state index is 13.4. The Labute approximate surface area is 404 Å². The number of nitrogens with one attached hydrogen (secondary N) is 1. The predicted molar refractivity (Wildman–Crippen MR) is 271 cm³/mol. The van der Waals surface area contributed by atoms with Gasteiger partial charge < -0.3 is 19.5 Å². The zero-order valence-corrected chi connectivity index (χ0v) is 40.4. The summed E-state index contributed by atoms with van der Waals surface area (Å²) in [5.41, 5.74) is -1.45. The summed E-state index contributed by atoms with van der Waals surface area (Å²) in [5.74, 6) is -3.55. The smallest absolute Gasteiger partial charge is 0.416 e. The first kappa shape index (κ1) is 59.8. The number of hydrogen-bond acceptors (Lipinski definition) is 7. The van der Waals surface area contributed by atoms with Gasteiger partial charge in [-0.25, -0.2) is 0 Å². The first-order chi connectivity index (χ1) is 33.0. The van der Waals surface area contributed by atoms with E-state index in [0.29, 0.717) is 37.8 Å². The van der Waals surface area contributed by atoms with E-state index in [4.69, 9.17) is 14.2 Å². The molecule has 0 aromatic heterocycles. The molecule has 0 radical (unpaired) electrons. The minimum atomic E-state index is -4.75. The van der Waals surface area contributed by atoms with E-state index in [0.717, 1.165) is 77.2 Å². The highest BCUT2D eigenvalue weighted by Crippen LogP contribution is 2.33. The first-order valence-electron chi connectivity index (χ1n) is 23.8. The third-order valence-corrected chi connectivity index (χ3v) is 9.25. The van der Waals surface area contributed by atoms with Crippen LogP contribution < -0.4 is 10.1 Å². The molecule has 1 amide bonds. The highest BCUT2D eigenvalue weighted by Gasteiger charge is 2.32. The molecule has 0 saturated carbocycles. The summed E-state index contributed by atoms with van der Waals surface area (Å²) in [6.07, 6.45) is 56.0. The highest BCUT2D eigenvalue weighted by atomic mass is 19.4. The van der Waals surface area contributed by atoms with Crippen LogP contribution in [0.1, 0.15) is 139 Å². The van der Waals surface area contributed by atoms with E-state index in [1.165, 1.54) is 0 Å². The lowest BCUT2D eigenvalue weighted by molar-refractivity contribution is -0.158. The Hall–Kier alpha value is -6.23. The lowest BCUT2D eigenvalue weighted by Gasteiger charge is -2.19. The first-order valence-corrected chi connectivity index (χ1v) is 23.8. The van der Waals surface area contributed by atoms with Crippen LogP contribution in [0.2, 0.25) is 0 Å². The molecule has 0 aliphatic carbocycles. The average Bonchev–Trinajstić information content (AvgIpc) is 3.30. The zero-order chi connectivity index (χ0) is 49.8. The van der Waals surface area contributed by atoms with Gasteiger partial charge in [-0.15, -0.1) is 0 Å². The second-order valence-electron chi connectivity index (χ2n) is 15.2. The second-order valence-corrected chi connectivity index (χ2v) is 15.2. The van der Waals surface area contributed by atoms with Gasteiger partial charge in [0.25, 0.3) is 5.91 Å². The van der Waals surface area contributed by atoms with E-state index in [2.05, 4.69) is 129 Å². The molecule has 0 fully saturated rings. The molecule has 0 aliphatic rings. The Bertz CT molecular complexity index is 1960. The van der Waals surface area contributed by atoms with Gasteiger partial charge in [-0.05, 0) is 108 Å². The average molecular weight is 942 g/mol. The minimum Gasteiger partial charge on any atom is -0.462 e. The maximum Gasteiger partial charge on any atom is 0.416 e. The number of benzene rings is 1. The fourth-order valence-corrected chi connectivity index (χ4v) is 5.75. The largest absolute Gasteiger partial charge is 0.462 e. The van der Waals surface area contributed by atoms with Crippen molar-refractivity contribution in [1.29, 1.82) is 0 Å². The molecule has 11 heteroatoms. The Morgan fingerprint density at radius 1 is 0.544 bits per heavy atom. The topological polar surface area (TPSA) is 108 Å². The summed E-state index contributed by atoms with van der Waals surface area (Å²) >= 11 is 0. The standard InChI is InChI=1S/C57H74F3NO7/c1-4-6-8-10-12-14-16-18-20-22-24-26-28-30-32-34-36-38-40-42-54(63)66-48-51(47-61-56(65)52-45-44-50(57(58,59)60)46-53(52)67-49(3)62)68-55(64)43-41-39-37-35-33-31-29-27-25-23-21-19-17-15-13-11-9-7-5-2/h6-9,12-15,18-21,24-27,30-33,36-39,44-46,51H,4-5,10-11,16-17,22-23,28-29,34-35,40-43,47-48H2,1-3H3,(H,61,65). The lowest BCUT2D eigenvalue weighted by atomic mass is 10.1. The number of allylic oxidation sites excluding steroid dienone is 24. The number of ether oxygens (including phenoxy) is 3. The summed E-state index contributed by atoms with van der Waals surface area (Å²) in [7, 11) is 0. The van der Waals surface area contributed by atoms with Crippen molar-refractivity contribution in [2.24, 2.45) is 0 Å². The van der Waals surface area contributed by atoms with Gasteiger partial charge in [0.15, 0.2) is 6.10 Å². The van der Waals surface area contributed by atoms with Crippen molar-refractivity contribution < 1.29 is 46.6 Å². The second kappa shape index (κ2) is 41.0. The normalized spacial score (nSPS) is 13.4. The van der Waals surface area contributed by atoms with E-state index in [1.807, 2.05) is 36.5 Å². The van der Waals surface area contributed by atoms with E-state index in [9.17, 15) is 32.3 Å². The fraction of sp³-hybridized carbons (Fsp3) is 0.404. The van der Waals surface area contributed by atoms with Crippen molar-refractivity contribution in [2.75, 3.05) is 13.2 Å². The minimum absolute atomic E-state index is 0.0126. The van der Waals surface area contributed by atoms with E-state index >= 15 is 0 Å². The van der Waals surface area contributed by atoms with Crippen LogP contribution >= 0.6 is 0 Å². The molecule has 370 valence electrons. The number of carbonyl (C=O) groups is 4. The summed E-state index contributed by atoms with van der Waals surface area (Å²) in [4.78, 5) is 50.2. The Balaban J connectivity index is 2.64. The van der Waals surface area contributed by atoms with Gasteiger partial charge in [0.05, 0.1) is 17.7 Å². The zero-order valence-electron chi connectivity index (χ0n) is 40.4. The lowest BCUT2D eigenvalue weighted by Crippen LogP contribution is -2.38. The SMILES string of the molecule is CCC=CCC=CCC=CCC=CCC=CCC=CCCC(=O)OCC(CNC(=O)c1ccc(C(F)(F)F)cc1OC(C)=O)OC(=O)CCC=CCC=CCC=CCC=CCC=CCC=CCC. The Morgan fingerprint density at radius 3 is 1.28 bits per heavy atom. The van der Waals surface area contributed by atoms with Crippen LogP contribution in [0.5, 0.6) is 5.75 Å². The monoisotopic (exact) mass is 942 g/mol. The Kier molecular flexibility index (Phi) is 36.0. The quantitative estimate of drug-likeness (QED) is 0.0410. The number of hydrogen-bond donors (Lipinski definition) is 1.